The van der Waals surface area contributed by atoms with Crippen molar-refractivity contribution in [1.29, 1.82) is 0 Å². The number of rotatable bonds is 5. The van der Waals surface area contributed by atoms with Gasteiger partial charge in [0.15, 0.2) is 0 Å². The molecule has 0 radical (unpaired) electrons. The van der Waals surface area contributed by atoms with Crippen LogP contribution in [0.2, 0.25) is 0 Å². The van der Waals surface area contributed by atoms with Crippen LogP contribution < -0.4 is 4.74 Å². The van der Waals surface area contributed by atoms with Gasteiger partial charge < -0.3 is 9.47 Å². The van der Waals surface area contributed by atoms with E-state index in [9.17, 15) is 4.79 Å². The van der Waals surface area contributed by atoms with Gasteiger partial charge in [0.2, 0.25) is 0 Å². The third kappa shape index (κ3) is 3.69. The maximum atomic E-state index is 12.3. The number of hydrogen-bond acceptors (Lipinski definition) is 5. The Labute approximate surface area is 148 Å². The number of benzene rings is 1. The molecule has 134 valence electrons. The predicted octanol–water partition coefficient (Wildman–Crippen LogP) is 2.59. The summed E-state index contributed by atoms with van der Waals surface area (Å²) < 4.78 is 12.5. The summed E-state index contributed by atoms with van der Waals surface area (Å²) in [7, 11) is 5.58. The first-order valence-corrected chi connectivity index (χ1v) is 8.51. The van der Waals surface area contributed by atoms with Gasteiger partial charge in [-0.25, -0.2) is 4.79 Å². The molecule has 1 saturated heterocycles. The van der Waals surface area contributed by atoms with E-state index in [2.05, 4.69) is 29.2 Å². The molecule has 0 N–H and O–H groups in total. The van der Waals surface area contributed by atoms with Gasteiger partial charge in [0.25, 0.3) is 0 Å². The fourth-order valence-corrected chi connectivity index (χ4v) is 3.59. The number of aromatic nitrogens is 2. The molecular weight excluding hydrogens is 318 g/mol. The normalized spacial score (nSPS) is 20.6. The number of esters is 1. The molecule has 6 nitrogen and oxygen atoms in total. The Morgan fingerprint density at radius 1 is 1.28 bits per heavy atom. The second-order valence-electron chi connectivity index (χ2n) is 6.65. The van der Waals surface area contributed by atoms with Gasteiger partial charge in [0.05, 0.1) is 19.4 Å². The smallest absolute Gasteiger partial charge is 0.341 e. The molecular formula is C19H25N3O3. The maximum Gasteiger partial charge on any atom is 0.341 e. The summed E-state index contributed by atoms with van der Waals surface area (Å²) in [4.78, 5) is 14.7. The molecule has 2 atom stereocenters. The Hall–Kier alpha value is -2.34. The summed E-state index contributed by atoms with van der Waals surface area (Å²) in [5, 5.41) is 4.20. The van der Waals surface area contributed by atoms with Crippen molar-refractivity contribution in [2.75, 3.05) is 27.3 Å². The van der Waals surface area contributed by atoms with Crippen LogP contribution in [0.3, 0.4) is 0 Å². The third-order valence-electron chi connectivity index (χ3n) is 4.89. The zero-order valence-corrected chi connectivity index (χ0v) is 15.2. The molecule has 0 aliphatic carbocycles. The van der Waals surface area contributed by atoms with Gasteiger partial charge in [0.1, 0.15) is 11.3 Å². The summed E-state index contributed by atoms with van der Waals surface area (Å²) in [5.74, 6) is 0.826. The van der Waals surface area contributed by atoms with Crippen LogP contribution in [0.1, 0.15) is 34.1 Å². The number of hydrogen-bond donors (Lipinski definition) is 0. The molecule has 0 amide bonds. The van der Waals surface area contributed by atoms with Crippen LogP contribution in [0.4, 0.5) is 0 Å². The monoisotopic (exact) mass is 343 g/mol. The van der Waals surface area contributed by atoms with Gasteiger partial charge in [-0.2, -0.15) is 5.10 Å². The molecule has 3 rings (SSSR count). The number of carbonyl (C=O) groups excluding carboxylic acids is 1. The summed E-state index contributed by atoms with van der Waals surface area (Å²) >= 11 is 0. The molecule has 1 aromatic carbocycles. The lowest BCUT2D eigenvalue weighted by molar-refractivity contribution is 0.0411. The highest BCUT2D eigenvalue weighted by Crippen LogP contribution is 2.36. The summed E-state index contributed by atoms with van der Waals surface area (Å²) in [6.45, 7) is 3.22. The Kier molecular flexibility index (Phi) is 5.08. The Morgan fingerprint density at radius 3 is 2.60 bits per heavy atom. The molecule has 1 aliphatic rings. The van der Waals surface area contributed by atoms with E-state index in [0.717, 1.165) is 18.7 Å². The molecule has 6 heteroatoms. The van der Waals surface area contributed by atoms with Gasteiger partial charge in [-0.3, -0.25) is 9.58 Å². The van der Waals surface area contributed by atoms with Crippen LogP contribution in [0.5, 0.6) is 5.75 Å². The number of likely N-dealkylation sites (tertiary alicyclic amines) is 1. The zero-order chi connectivity index (χ0) is 18.0. The number of carbonyl (C=O) groups is 1. The number of aryl methyl sites for hydroxylation is 2. The molecule has 2 heterocycles. The van der Waals surface area contributed by atoms with Gasteiger partial charge in [0, 0.05) is 25.2 Å². The lowest BCUT2D eigenvalue weighted by Gasteiger charge is -2.25. The minimum atomic E-state index is -0.298. The standard InChI is InChI=1S/C19H25N3O3/c1-13-17(11-22(3)20-13)19(23)25-12-15-9-10-21(2)18(15)14-5-7-16(24-4)8-6-14/h5-8,11,15,18H,9-10,12H2,1-4H3. The average molecular weight is 343 g/mol. The maximum absolute atomic E-state index is 12.3. The first-order valence-electron chi connectivity index (χ1n) is 8.51. The second-order valence-corrected chi connectivity index (χ2v) is 6.65. The minimum Gasteiger partial charge on any atom is -0.497 e. The van der Waals surface area contributed by atoms with Crippen molar-refractivity contribution in [3.8, 4) is 5.75 Å². The van der Waals surface area contributed by atoms with Crippen LogP contribution >= 0.6 is 0 Å². The summed E-state index contributed by atoms with van der Waals surface area (Å²) in [6.07, 6.45) is 2.71. The van der Waals surface area contributed by atoms with E-state index < -0.39 is 0 Å². The highest BCUT2D eigenvalue weighted by Gasteiger charge is 2.34. The highest BCUT2D eigenvalue weighted by molar-refractivity contribution is 5.90. The van der Waals surface area contributed by atoms with Crippen molar-refractivity contribution in [2.24, 2.45) is 13.0 Å². The van der Waals surface area contributed by atoms with Crippen LogP contribution in [-0.2, 0) is 11.8 Å². The van der Waals surface area contributed by atoms with E-state index in [1.54, 1.807) is 25.0 Å². The predicted molar refractivity (Wildman–Crippen MR) is 94.7 cm³/mol. The van der Waals surface area contributed by atoms with E-state index in [1.165, 1.54) is 5.56 Å². The van der Waals surface area contributed by atoms with E-state index in [4.69, 9.17) is 9.47 Å². The number of ether oxygens (including phenoxy) is 2. The first-order chi connectivity index (χ1) is 12.0. The van der Waals surface area contributed by atoms with E-state index in [1.807, 2.05) is 19.1 Å². The van der Waals surface area contributed by atoms with E-state index in [-0.39, 0.29) is 17.9 Å². The lowest BCUT2D eigenvalue weighted by Crippen LogP contribution is -2.24. The Balaban J connectivity index is 1.68. The summed E-state index contributed by atoms with van der Waals surface area (Å²) in [6, 6.07) is 8.37. The van der Waals surface area contributed by atoms with E-state index in [0.29, 0.717) is 17.9 Å². The van der Waals surface area contributed by atoms with Crippen molar-refractivity contribution in [3.05, 3.63) is 47.3 Å². The largest absolute Gasteiger partial charge is 0.497 e. The molecule has 1 aromatic heterocycles. The second kappa shape index (κ2) is 7.27. The SMILES string of the molecule is COc1ccc(C2C(COC(=O)c3cn(C)nc3C)CCN2C)cc1. The van der Waals surface area contributed by atoms with Gasteiger partial charge in [-0.1, -0.05) is 12.1 Å². The van der Waals surface area contributed by atoms with Crippen LogP contribution in [-0.4, -0.2) is 48.0 Å². The van der Waals surface area contributed by atoms with E-state index >= 15 is 0 Å². The molecule has 25 heavy (non-hydrogen) atoms. The quantitative estimate of drug-likeness (QED) is 0.781. The molecule has 1 fully saturated rings. The molecule has 1 aliphatic heterocycles. The first kappa shape index (κ1) is 17.5. The van der Waals surface area contributed by atoms with Crippen molar-refractivity contribution in [1.82, 2.24) is 14.7 Å². The third-order valence-corrected chi connectivity index (χ3v) is 4.89. The van der Waals surface area contributed by atoms with Gasteiger partial charge >= 0.3 is 5.97 Å². The van der Waals surface area contributed by atoms with Gasteiger partial charge in [-0.15, -0.1) is 0 Å². The zero-order valence-electron chi connectivity index (χ0n) is 15.2. The van der Waals surface area contributed by atoms with Crippen molar-refractivity contribution in [3.63, 3.8) is 0 Å². The van der Waals surface area contributed by atoms with Crippen molar-refractivity contribution in [2.45, 2.75) is 19.4 Å². The molecule has 0 bridgehead atoms. The lowest BCUT2D eigenvalue weighted by atomic mass is 9.94. The Bertz CT molecular complexity index is 739. The fraction of sp³-hybridized carbons (Fsp3) is 0.474. The van der Waals surface area contributed by atoms with Crippen LogP contribution in [0, 0.1) is 12.8 Å². The fourth-order valence-electron chi connectivity index (χ4n) is 3.59. The highest BCUT2D eigenvalue weighted by atomic mass is 16.5. The van der Waals surface area contributed by atoms with Gasteiger partial charge in [-0.05, 0) is 44.6 Å². The molecule has 0 spiro atoms. The molecule has 2 unspecified atom stereocenters. The van der Waals surface area contributed by atoms with Crippen molar-refractivity contribution < 1.29 is 14.3 Å². The average Bonchev–Trinajstić information content (AvgIpc) is 3.14. The summed E-state index contributed by atoms with van der Waals surface area (Å²) in [5.41, 5.74) is 2.46. The Morgan fingerprint density at radius 2 is 2.00 bits per heavy atom. The molecule has 2 aromatic rings. The number of methoxy groups -OCH3 is 1. The number of nitrogens with zero attached hydrogens (tertiary/aromatic N) is 3. The van der Waals surface area contributed by atoms with Crippen molar-refractivity contribution >= 4 is 5.97 Å². The molecule has 0 saturated carbocycles. The van der Waals surface area contributed by atoms with Crippen LogP contribution in [0.15, 0.2) is 30.5 Å². The minimum absolute atomic E-state index is 0.244. The van der Waals surface area contributed by atoms with Crippen LogP contribution in [0.25, 0.3) is 0 Å². The topological polar surface area (TPSA) is 56.6 Å².